The van der Waals surface area contributed by atoms with E-state index in [9.17, 15) is 4.57 Å². The van der Waals surface area contributed by atoms with E-state index in [1.807, 2.05) is 21.1 Å². The molecular formula is C5H18CaClNO4P+. The molecule has 0 aromatic rings. The van der Waals surface area contributed by atoms with Gasteiger partial charge in [-0.25, -0.2) is 4.57 Å². The maximum Gasteiger partial charge on any atom is 2.00 e. The Kier molecular flexibility index (Phi) is 12.1. The Hall–Kier alpha value is 1.62. The molecule has 80 valence electrons. The van der Waals surface area contributed by atoms with Crippen LogP contribution in [-0.2, 0) is 9.09 Å². The first-order valence-electron chi connectivity index (χ1n) is 3.21. The van der Waals surface area contributed by atoms with Gasteiger partial charge in [0.05, 0.1) is 21.1 Å². The number of phosphoric ester groups is 1. The van der Waals surface area contributed by atoms with Crippen molar-refractivity contribution in [2.75, 3.05) is 34.3 Å². The molecule has 0 heterocycles. The average Bonchev–Trinajstić information content (AvgIpc) is 1.55. The van der Waals surface area contributed by atoms with Crippen LogP contribution in [0, 0.1) is 0 Å². The molecule has 0 aliphatic rings. The first-order valence-corrected chi connectivity index (χ1v) is 4.74. The predicted octanol–water partition coefficient (Wildman–Crippen LogP) is 0.0679. The largest absolute Gasteiger partial charge is 2.00 e. The third-order valence-corrected chi connectivity index (χ3v) is 1.54. The minimum Gasteiger partial charge on any atom is -1.00 e. The van der Waals surface area contributed by atoms with Gasteiger partial charge in [-0.3, -0.25) is 4.52 Å². The molecule has 0 spiro atoms. The van der Waals surface area contributed by atoms with Gasteiger partial charge in [-0.2, -0.15) is 0 Å². The van der Waals surface area contributed by atoms with Crippen LogP contribution in [0.1, 0.15) is 2.85 Å². The normalized spacial score (nSPS) is 11.5. The number of likely N-dealkylation sites (N-methyl/N-ethyl adjacent to an activating group) is 1. The van der Waals surface area contributed by atoms with Gasteiger partial charge in [0.15, 0.2) is 0 Å². The van der Waals surface area contributed by atoms with Gasteiger partial charge in [0.1, 0.15) is 13.2 Å². The zero-order valence-corrected chi connectivity index (χ0v) is 12.1. The summed E-state index contributed by atoms with van der Waals surface area (Å²) in [4.78, 5) is 16.6. The van der Waals surface area contributed by atoms with E-state index in [1.54, 1.807) is 0 Å². The number of nitrogens with zero attached hydrogens (tertiary/aromatic N) is 1. The van der Waals surface area contributed by atoms with Crippen LogP contribution >= 0.6 is 20.2 Å². The van der Waals surface area contributed by atoms with Gasteiger partial charge >= 0.3 is 45.6 Å². The van der Waals surface area contributed by atoms with Crippen molar-refractivity contribution >= 4 is 58.0 Å². The number of quaternary nitrogens is 1. The number of hydrogen-bond donors (Lipinski definition) is 2. The number of phosphoric acid groups is 1. The van der Waals surface area contributed by atoms with Crippen molar-refractivity contribution in [3.05, 3.63) is 0 Å². The molecule has 0 atom stereocenters. The minimum atomic E-state index is -4.26. The van der Waals surface area contributed by atoms with Gasteiger partial charge in [0.25, 0.3) is 0 Å². The quantitative estimate of drug-likeness (QED) is 0.427. The molecule has 0 rings (SSSR count). The summed E-state index contributed by atoms with van der Waals surface area (Å²) < 4.78 is 15.1. The third kappa shape index (κ3) is 19.9. The monoisotopic (exact) mass is 262 g/mol. The van der Waals surface area contributed by atoms with Crippen molar-refractivity contribution in [1.29, 1.82) is 0 Å². The molecule has 5 nitrogen and oxygen atoms in total. The number of rotatable bonds is 4. The molecule has 0 amide bonds. The maximum absolute atomic E-state index is 10.2. The molecule has 2 N–H and O–H groups in total. The minimum absolute atomic E-state index is 0. The summed E-state index contributed by atoms with van der Waals surface area (Å²) in [6, 6.07) is 0. The Bertz CT molecular complexity index is 177. The molecule has 0 aliphatic heterocycles. The van der Waals surface area contributed by atoms with Crippen LogP contribution in [0.3, 0.4) is 0 Å². The van der Waals surface area contributed by atoms with Gasteiger partial charge in [-0.15, -0.1) is 12.4 Å². The second kappa shape index (κ2) is 7.85. The smallest absolute Gasteiger partial charge is 1.00 e. The van der Waals surface area contributed by atoms with Crippen molar-refractivity contribution in [1.82, 2.24) is 0 Å². The Labute approximate surface area is 118 Å². The SMILES string of the molecule is C[N+](C)(C)CCOP(=O)(O)O.Cl.[Ca+2].[H-].[H-]. The van der Waals surface area contributed by atoms with Crippen LogP contribution in [0.15, 0.2) is 0 Å². The van der Waals surface area contributed by atoms with E-state index in [1.165, 1.54) is 0 Å². The van der Waals surface area contributed by atoms with Crippen LogP contribution in [0.5, 0.6) is 0 Å². The van der Waals surface area contributed by atoms with Crippen molar-refractivity contribution in [3.8, 4) is 0 Å². The molecule has 0 aromatic heterocycles. The van der Waals surface area contributed by atoms with E-state index in [0.717, 1.165) is 0 Å². The maximum atomic E-state index is 10.2. The first kappa shape index (κ1) is 20.1. The fourth-order valence-electron chi connectivity index (χ4n) is 0.434. The summed E-state index contributed by atoms with van der Waals surface area (Å²) in [5.74, 6) is 0. The molecule has 13 heavy (non-hydrogen) atoms. The van der Waals surface area contributed by atoms with Crippen LogP contribution in [-0.4, -0.2) is 86.3 Å². The second-order valence-corrected chi connectivity index (χ2v) is 4.58. The molecule has 0 aromatic carbocycles. The standard InChI is InChI=1S/C5H14NO4P.Ca.ClH.2H/c1-6(2,3)4-5-10-11(7,8)9;;;;/h4-5H2,1-3H3,(H-,7,8,9);;1H;;/q;+2;;2*-1/p+1. The third-order valence-electron chi connectivity index (χ3n) is 1.02. The molecule has 0 saturated heterocycles. The van der Waals surface area contributed by atoms with E-state index in [-0.39, 0.29) is 59.6 Å². The summed E-state index contributed by atoms with van der Waals surface area (Å²) in [5.41, 5.74) is 0. The first-order chi connectivity index (χ1) is 4.71. The molecule has 0 aliphatic carbocycles. The zero-order chi connectivity index (χ0) is 9.12. The van der Waals surface area contributed by atoms with Gasteiger partial charge < -0.3 is 17.1 Å². The van der Waals surface area contributed by atoms with E-state index in [4.69, 9.17) is 9.79 Å². The Morgan fingerprint density at radius 3 is 2.00 bits per heavy atom. The Morgan fingerprint density at radius 1 is 1.38 bits per heavy atom. The van der Waals surface area contributed by atoms with Crippen molar-refractivity contribution in [2.45, 2.75) is 0 Å². The van der Waals surface area contributed by atoms with Gasteiger partial charge in [0, 0.05) is 0 Å². The van der Waals surface area contributed by atoms with Crippen molar-refractivity contribution < 1.29 is 26.2 Å². The molecule has 0 bridgehead atoms. The molecule has 0 saturated carbocycles. The van der Waals surface area contributed by atoms with E-state index in [2.05, 4.69) is 4.52 Å². The van der Waals surface area contributed by atoms with Crippen molar-refractivity contribution in [2.24, 2.45) is 0 Å². The second-order valence-electron chi connectivity index (χ2n) is 3.34. The van der Waals surface area contributed by atoms with E-state index < -0.39 is 7.82 Å². The zero-order valence-electron chi connectivity index (χ0n) is 10.1. The number of halogens is 1. The van der Waals surface area contributed by atoms with Gasteiger partial charge in [-0.1, -0.05) is 0 Å². The average molecular weight is 263 g/mol. The molecule has 0 fully saturated rings. The van der Waals surface area contributed by atoms with E-state index in [0.29, 0.717) is 11.0 Å². The van der Waals surface area contributed by atoms with Crippen LogP contribution < -0.4 is 0 Å². The fraction of sp³-hybridized carbons (Fsp3) is 1.00. The van der Waals surface area contributed by atoms with Crippen LogP contribution in [0.2, 0.25) is 0 Å². The summed E-state index contributed by atoms with van der Waals surface area (Å²) in [6.45, 7) is 0.652. The van der Waals surface area contributed by atoms with Crippen molar-refractivity contribution in [3.63, 3.8) is 0 Å². The summed E-state index contributed by atoms with van der Waals surface area (Å²) in [6.07, 6.45) is 0. The molecular weight excluding hydrogens is 245 g/mol. The number of hydrogen-bond acceptors (Lipinski definition) is 2. The summed E-state index contributed by atoms with van der Waals surface area (Å²) in [7, 11) is 1.50. The van der Waals surface area contributed by atoms with Gasteiger partial charge in [-0.05, 0) is 0 Å². The van der Waals surface area contributed by atoms with Crippen LogP contribution in [0.4, 0.5) is 0 Å². The summed E-state index contributed by atoms with van der Waals surface area (Å²) in [5, 5.41) is 0. The van der Waals surface area contributed by atoms with Crippen LogP contribution in [0.25, 0.3) is 0 Å². The Morgan fingerprint density at radius 2 is 1.77 bits per heavy atom. The molecule has 8 heteroatoms. The van der Waals surface area contributed by atoms with Gasteiger partial charge in [0.2, 0.25) is 0 Å². The predicted molar refractivity (Wildman–Crippen MR) is 56.1 cm³/mol. The topological polar surface area (TPSA) is 66.8 Å². The fourth-order valence-corrected chi connectivity index (χ4v) is 0.753. The Balaban J connectivity index is -0.0000000833. The molecule has 0 unspecified atom stereocenters. The molecule has 0 radical (unpaired) electrons. The van der Waals surface area contributed by atoms with E-state index >= 15 is 0 Å². The summed E-state index contributed by atoms with van der Waals surface area (Å²) >= 11 is 0.